The Kier molecular flexibility index (Phi) is 3.72. The predicted octanol–water partition coefficient (Wildman–Crippen LogP) is -0.156. The number of imide groups is 1. The van der Waals surface area contributed by atoms with Crippen LogP contribution in [0.2, 0.25) is 0 Å². The number of rotatable bonds is 4. The topological polar surface area (TPSA) is 149 Å². The number of aliphatic carboxylic acids is 1. The molecule has 1 heterocycles. The Labute approximate surface area is 125 Å². The van der Waals surface area contributed by atoms with Gasteiger partial charge in [-0.2, -0.15) is 0 Å². The third-order valence-corrected chi connectivity index (χ3v) is 3.31. The predicted molar refractivity (Wildman–Crippen MR) is 77.2 cm³/mol. The number of carbonyl (C=O) groups excluding carboxylic acids is 2. The molecule has 1 aromatic rings. The lowest BCUT2D eigenvalue weighted by molar-refractivity contribution is -0.142. The number of anilines is 1. The van der Waals surface area contributed by atoms with E-state index in [-0.39, 0.29) is 5.96 Å². The molecule has 1 saturated heterocycles. The molecule has 6 N–H and O–H groups in total. The fourth-order valence-electron chi connectivity index (χ4n) is 2.21. The first-order chi connectivity index (χ1) is 10.2. The van der Waals surface area contributed by atoms with Gasteiger partial charge in [0.05, 0.1) is 0 Å². The van der Waals surface area contributed by atoms with E-state index >= 15 is 0 Å². The molecule has 1 aromatic carbocycles. The lowest BCUT2D eigenvalue weighted by atomic mass is 9.92. The Bertz CT molecular complexity index is 657. The number of carboxylic acid groups (broad SMARTS) is 1. The first kappa shape index (κ1) is 15.3. The summed E-state index contributed by atoms with van der Waals surface area (Å²) in [7, 11) is 0. The van der Waals surface area contributed by atoms with Crippen LogP contribution in [0.5, 0.6) is 0 Å². The van der Waals surface area contributed by atoms with Crippen molar-refractivity contribution in [2.75, 3.05) is 11.9 Å². The van der Waals surface area contributed by atoms with Crippen molar-refractivity contribution >= 4 is 29.6 Å². The molecule has 0 spiro atoms. The van der Waals surface area contributed by atoms with Crippen LogP contribution in [-0.2, 0) is 15.1 Å². The van der Waals surface area contributed by atoms with Crippen molar-refractivity contribution in [2.45, 2.75) is 12.5 Å². The highest BCUT2D eigenvalue weighted by molar-refractivity contribution is 6.08. The maximum absolute atomic E-state index is 12.3. The van der Waals surface area contributed by atoms with Gasteiger partial charge in [0.2, 0.25) is 0 Å². The monoisotopic (exact) mass is 305 g/mol. The number of guanidine groups is 1. The zero-order valence-electron chi connectivity index (χ0n) is 11.7. The Morgan fingerprint density at radius 2 is 2.00 bits per heavy atom. The van der Waals surface area contributed by atoms with Gasteiger partial charge in [-0.1, -0.05) is 12.1 Å². The molecular weight excluding hydrogens is 290 g/mol. The van der Waals surface area contributed by atoms with Gasteiger partial charge in [-0.05, 0) is 24.6 Å². The SMILES string of the molecule is C[C@]1(c2ccc(NC(=N)N)cc2)NC(=O)N(CC(=O)O)C1=O. The molecule has 2 rings (SSSR count). The molecule has 1 aliphatic heterocycles. The molecule has 0 saturated carbocycles. The summed E-state index contributed by atoms with van der Waals surface area (Å²) < 4.78 is 0. The van der Waals surface area contributed by atoms with Gasteiger partial charge in [0.1, 0.15) is 12.1 Å². The van der Waals surface area contributed by atoms with Crippen molar-refractivity contribution in [2.24, 2.45) is 5.73 Å². The second kappa shape index (κ2) is 5.35. The first-order valence-corrected chi connectivity index (χ1v) is 6.31. The highest BCUT2D eigenvalue weighted by atomic mass is 16.4. The largest absolute Gasteiger partial charge is 0.480 e. The quantitative estimate of drug-likeness (QED) is 0.296. The Hall–Kier alpha value is -3.10. The van der Waals surface area contributed by atoms with E-state index in [2.05, 4.69) is 10.6 Å². The number of hydrogen-bond acceptors (Lipinski definition) is 4. The summed E-state index contributed by atoms with van der Waals surface area (Å²) in [6, 6.07) is 5.63. The number of hydrogen-bond donors (Lipinski definition) is 5. The average molecular weight is 305 g/mol. The van der Waals surface area contributed by atoms with E-state index in [1.165, 1.54) is 6.92 Å². The minimum absolute atomic E-state index is 0.225. The van der Waals surface area contributed by atoms with E-state index in [0.717, 1.165) is 0 Å². The number of benzene rings is 1. The molecule has 22 heavy (non-hydrogen) atoms. The fourth-order valence-corrected chi connectivity index (χ4v) is 2.21. The molecule has 0 aromatic heterocycles. The van der Waals surface area contributed by atoms with Crippen LogP contribution in [0.4, 0.5) is 10.5 Å². The van der Waals surface area contributed by atoms with E-state index in [1.54, 1.807) is 24.3 Å². The lowest BCUT2D eigenvalue weighted by Gasteiger charge is -2.22. The highest BCUT2D eigenvalue weighted by Crippen LogP contribution is 2.29. The number of nitrogens with zero attached hydrogens (tertiary/aromatic N) is 1. The number of nitrogens with one attached hydrogen (secondary N) is 3. The molecule has 0 unspecified atom stereocenters. The van der Waals surface area contributed by atoms with Gasteiger partial charge in [-0.15, -0.1) is 0 Å². The van der Waals surface area contributed by atoms with E-state index < -0.39 is 30.0 Å². The smallest absolute Gasteiger partial charge is 0.325 e. The summed E-state index contributed by atoms with van der Waals surface area (Å²) >= 11 is 0. The van der Waals surface area contributed by atoms with Gasteiger partial charge in [0.15, 0.2) is 5.96 Å². The maximum atomic E-state index is 12.3. The van der Waals surface area contributed by atoms with Crippen molar-refractivity contribution < 1.29 is 19.5 Å². The third-order valence-electron chi connectivity index (χ3n) is 3.31. The number of urea groups is 1. The number of amides is 3. The molecule has 1 fully saturated rings. The van der Waals surface area contributed by atoms with Crippen LogP contribution in [0.25, 0.3) is 0 Å². The summed E-state index contributed by atoms with van der Waals surface area (Å²) in [5, 5.41) is 21.0. The molecule has 1 aliphatic rings. The van der Waals surface area contributed by atoms with Crippen molar-refractivity contribution in [3.63, 3.8) is 0 Å². The molecule has 1 atom stereocenters. The summed E-state index contributed by atoms with van der Waals surface area (Å²) in [6.07, 6.45) is 0. The zero-order chi connectivity index (χ0) is 16.5. The van der Waals surface area contributed by atoms with Crippen LogP contribution in [0.1, 0.15) is 12.5 Å². The van der Waals surface area contributed by atoms with Gasteiger partial charge < -0.3 is 21.5 Å². The highest BCUT2D eigenvalue weighted by Gasteiger charge is 2.49. The van der Waals surface area contributed by atoms with Crippen LogP contribution in [-0.4, -0.2) is 40.4 Å². The van der Waals surface area contributed by atoms with Gasteiger partial charge in [0.25, 0.3) is 5.91 Å². The van der Waals surface area contributed by atoms with E-state index in [9.17, 15) is 14.4 Å². The van der Waals surface area contributed by atoms with E-state index in [0.29, 0.717) is 16.2 Å². The van der Waals surface area contributed by atoms with Crippen molar-refractivity contribution in [3.05, 3.63) is 29.8 Å². The maximum Gasteiger partial charge on any atom is 0.325 e. The molecule has 0 bridgehead atoms. The van der Waals surface area contributed by atoms with Gasteiger partial charge >= 0.3 is 12.0 Å². The second-order valence-corrected chi connectivity index (χ2v) is 4.96. The third kappa shape index (κ3) is 2.68. The normalized spacial score (nSPS) is 20.7. The lowest BCUT2D eigenvalue weighted by Crippen LogP contribution is -2.41. The second-order valence-electron chi connectivity index (χ2n) is 4.96. The molecule has 0 radical (unpaired) electrons. The zero-order valence-corrected chi connectivity index (χ0v) is 11.7. The summed E-state index contributed by atoms with van der Waals surface area (Å²) in [6.45, 7) is 0.812. The molecule has 0 aliphatic carbocycles. The summed E-state index contributed by atoms with van der Waals surface area (Å²) in [4.78, 5) is 35.5. The number of carbonyl (C=O) groups is 3. The van der Waals surface area contributed by atoms with Crippen LogP contribution in [0, 0.1) is 5.41 Å². The minimum atomic E-state index is -1.33. The molecule has 9 nitrogen and oxygen atoms in total. The average Bonchev–Trinajstić information content (AvgIpc) is 2.63. The van der Waals surface area contributed by atoms with E-state index in [1.807, 2.05) is 0 Å². The van der Waals surface area contributed by atoms with Crippen molar-refractivity contribution in [1.82, 2.24) is 10.2 Å². The first-order valence-electron chi connectivity index (χ1n) is 6.31. The van der Waals surface area contributed by atoms with Gasteiger partial charge in [-0.3, -0.25) is 19.9 Å². The van der Waals surface area contributed by atoms with Crippen LogP contribution < -0.4 is 16.4 Å². The van der Waals surface area contributed by atoms with Crippen molar-refractivity contribution in [3.8, 4) is 0 Å². The Morgan fingerprint density at radius 1 is 1.41 bits per heavy atom. The van der Waals surface area contributed by atoms with E-state index in [4.69, 9.17) is 16.2 Å². The van der Waals surface area contributed by atoms with Crippen LogP contribution >= 0.6 is 0 Å². The Balaban J connectivity index is 2.27. The van der Waals surface area contributed by atoms with Gasteiger partial charge in [-0.25, -0.2) is 4.79 Å². The fraction of sp³-hybridized carbons (Fsp3) is 0.231. The summed E-state index contributed by atoms with van der Waals surface area (Å²) in [5.41, 5.74) is 4.93. The number of nitrogens with two attached hydrogens (primary N) is 1. The van der Waals surface area contributed by atoms with Gasteiger partial charge in [0, 0.05) is 5.69 Å². The van der Waals surface area contributed by atoms with Crippen LogP contribution in [0.3, 0.4) is 0 Å². The molecule has 116 valence electrons. The standard InChI is InChI=1S/C13H15N5O4/c1-13(7-2-4-8(5-3-7)16-11(14)15)10(21)18(6-9(19)20)12(22)17-13/h2-5H,6H2,1H3,(H,17,22)(H,19,20)(H4,14,15,16)/t13-/m1/s1. The number of carboxylic acids is 1. The molecule has 9 heteroatoms. The minimum Gasteiger partial charge on any atom is -0.480 e. The van der Waals surface area contributed by atoms with Crippen molar-refractivity contribution in [1.29, 1.82) is 5.41 Å². The molecular formula is C13H15N5O4. The molecule has 3 amide bonds. The Morgan fingerprint density at radius 3 is 2.50 bits per heavy atom. The summed E-state index contributed by atoms with van der Waals surface area (Å²) in [5.74, 6) is -2.13. The van der Waals surface area contributed by atoms with Crippen LogP contribution in [0.15, 0.2) is 24.3 Å².